The Balaban J connectivity index is 1.57. The number of aromatic nitrogens is 2. The maximum absolute atomic E-state index is 13.1. The Morgan fingerprint density at radius 1 is 1.13 bits per heavy atom. The van der Waals surface area contributed by atoms with Gasteiger partial charge in [-0.3, -0.25) is 10.2 Å². The van der Waals surface area contributed by atoms with Gasteiger partial charge in [0.1, 0.15) is 0 Å². The first-order valence-corrected chi connectivity index (χ1v) is 12.3. The molecule has 5 nitrogen and oxygen atoms in total. The summed E-state index contributed by atoms with van der Waals surface area (Å²) in [7, 11) is 0. The third-order valence-corrected chi connectivity index (χ3v) is 7.72. The number of hydrogen-bond acceptors (Lipinski definition) is 4. The number of nitrogens with zero attached hydrogens (tertiary/aromatic N) is 3. The maximum Gasteiger partial charge on any atom is 0.286 e. The fourth-order valence-corrected chi connectivity index (χ4v) is 5.85. The first-order valence-electron chi connectivity index (χ1n) is 10.7. The number of piperidine rings is 1. The third kappa shape index (κ3) is 4.27. The summed E-state index contributed by atoms with van der Waals surface area (Å²) in [6.07, 6.45) is 5.91. The molecule has 0 bridgehead atoms. The Labute approximate surface area is 195 Å². The van der Waals surface area contributed by atoms with Crippen LogP contribution in [0.2, 0.25) is 10.0 Å². The number of hydrazine groups is 1. The molecule has 1 saturated carbocycles. The summed E-state index contributed by atoms with van der Waals surface area (Å²) < 4.78 is 1.79. The van der Waals surface area contributed by atoms with Crippen LogP contribution in [-0.2, 0) is 0 Å². The van der Waals surface area contributed by atoms with Crippen LogP contribution in [0.25, 0.3) is 16.3 Å². The summed E-state index contributed by atoms with van der Waals surface area (Å²) >= 11 is 14.4. The van der Waals surface area contributed by atoms with Crippen LogP contribution in [0.4, 0.5) is 0 Å². The molecule has 0 unspecified atom stereocenters. The fraction of sp³-hybridized carbons (Fsp3) is 0.391. The maximum atomic E-state index is 13.1. The Bertz CT molecular complexity index is 1130. The van der Waals surface area contributed by atoms with Crippen LogP contribution in [0, 0.1) is 6.92 Å². The molecule has 8 heteroatoms. The molecule has 1 N–H and O–H groups in total. The molecule has 162 valence electrons. The van der Waals surface area contributed by atoms with Gasteiger partial charge in [0.2, 0.25) is 0 Å². The van der Waals surface area contributed by atoms with Gasteiger partial charge in [-0.15, -0.1) is 11.3 Å². The normalized spacial score (nSPS) is 17.1. The lowest BCUT2D eigenvalue weighted by molar-refractivity contribution is 0.0743. The molecule has 1 saturated heterocycles. The van der Waals surface area contributed by atoms with Crippen LogP contribution in [0.15, 0.2) is 30.3 Å². The molecule has 3 aromatic rings. The fourth-order valence-electron chi connectivity index (χ4n) is 4.10. The molecule has 5 rings (SSSR count). The number of thiophene rings is 1. The molecule has 2 fully saturated rings. The molecule has 0 atom stereocenters. The highest BCUT2D eigenvalue weighted by Gasteiger charge is 2.28. The summed E-state index contributed by atoms with van der Waals surface area (Å²) in [5, 5.41) is 7.80. The van der Waals surface area contributed by atoms with Gasteiger partial charge in [-0.05, 0) is 68.9 Å². The number of benzene rings is 1. The van der Waals surface area contributed by atoms with Crippen molar-refractivity contribution in [2.45, 2.75) is 44.9 Å². The lowest BCUT2D eigenvalue weighted by Crippen LogP contribution is -2.45. The Morgan fingerprint density at radius 2 is 1.90 bits per heavy atom. The van der Waals surface area contributed by atoms with Crippen molar-refractivity contribution in [1.29, 1.82) is 0 Å². The monoisotopic (exact) mass is 474 g/mol. The molecule has 1 aliphatic carbocycles. The second kappa shape index (κ2) is 8.58. The summed E-state index contributed by atoms with van der Waals surface area (Å²) in [6, 6.07) is 9.68. The zero-order chi connectivity index (χ0) is 21.5. The van der Waals surface area contributed by atoms with Crippen LogP contribution in [-0.4, -0.2) is 33.8 Å². The molecule has 1 amide bonds. The summed E-state index contributed by atoms with van der Waals surface area (Å²) in [6.45, 7) is 3.71. The van der Waals surface area contributed by atoms with E-state index in [0.717, 1.165) is 42.1 Å². The van der Waals surface area contributed by atoms with E-state index in [1.807, 2.05) is 18.0 Å². The molecule has 0 radical (unpaired) electrons. The predicted octanol–water partition coefficient (Wildman–Crippen LogP) is 6.22. The molecule has 1 aromatic carbocycles. The predicted molar refractivity (Wildman–Crippen MR) is 126 cm³/mol. The number of carbonyl (C=O) groups excluding carboxylic acids is 1. The molecule has 0 spiro atoms. The molecule has 1 aliphatic heterocycles. The number of rotatable bonds is 5. The SMILES string of the molecule is Cc1c(C(=O)NN2CCCCC2)nn(-c2ccc(Cl)cc2Cl)c1-c1ccc(C2CC2)s1. The second-order valence-corrected chi connectivity index (χ2v) is 10.3. The number of amides is 1. The number of halogens is 2. The van der Waals surface area contributed by atoms with Crippen LogP contribution in [0.1, 0.15) is 59.0 Å². The smallest absolute Gasteiger partial charge is 0.283 e. The number of nitrogens with one attached hydrogen (secondary N) is 1. The molecule has 3 heterocycles. The van der Waals surface area contributed by atoms with Crippen molar-refractivity contribution in [2.24, 2.45) is 0 Å². The highest BCUT2D eigenvalue weighted by Crippen LogP contribution is 2.46. The van der Waals surface area contributed by atoms with Crippen LogP contribution < -0.4 is 5.43 Å². The van der Waals surface area contributed by atoms with Gasteiger partial charge in [0, 0.05) is 28.6 Å². The van der Waals surface area contributed by atoms with E-state index in [-0.39, 0.29) is 5.91 Å². The molecule has 2 aromatic heterocycles. The van der Waals surface area contributed by atoms with Crippen LogP contribution >= 0.6 is 34.5 Å². The standard InChI is InChI=1S/C23H24Cl2N4OS/c1-14-21(23(30)27-28-11-3-2-4-12-28)26-29(18-8-7-16(24)13-17(18)25)22(14)20-10-9-19(31-20)15-5-6-15/h7-10,13,15H,2-6,11-12H2,1H3,(H,27,30). The van der Waals surface area contributed by atoms with Gasteiger partial charge in [-0.1, -0.05) is 29.6 Å². The Hall–Kier alpha value is -1.86. The minimum Gasteiger partial charge on any atom is -0.283 e. The highest BCUT2D eigenvalue weighted by molar-refractivity contribution is 7.15. The van der Waals surface area contributed by atoms with Gasteiger partial charge in [0.05, 0.1) is 21.3 Å². The number of carbonyl (C=O) groups is 1. The quantitative estimate of drug-likeness (QED) is 0.476. The van der Waals surface area contributed by atoms with Gasteiger partial charge in [-0.2, -0.15) is 5.10 Å². The zero-order valence-electron chi connectivity index (χ0n) is 17.3. The van der Waals surface area contributed by atoms with Crippen molar-refractivity contribution < 1.29 is 4.79 Å². The Morgan fingerprint density at radius 3 is 2.61 bits per heavy atom. The minimum absolute atomic E-state index is 0.177. The zero-order valence-corrected chi connectivity index (χ0v) is 19.7. The van der Waals surface area contributed by atoms with Gasteiger partial charge < -0.3 is 0 Å². The van der Waals surface area contributed by atoms with Crippen molar-refractivity contribution in [2.75, 3.05) is 13.1 Å². The number of hydrogen-bond donors (Lipinski definition) is 1. The van der Waals surface area contributed by atoms with E-state index < -0.39 is 0 Å². The van der Waals surface area contributed by atoms with Gasteiger partial charge in [0.25, 0.3) is 5.91 Å². The van der Waals surface area contributed by atoms with E-state index in [4.69, 9.17) is 28.3 Å². The average molecular weight is 475 g/mol. The topological polar surface area (TPSA) is 50.2 Å². The van der Waals surface area contributed by atoms with Crippen molar-refractivity contribution in [3.8, 4) is 16.3 Å². The van der Waals surface area contributed by atoms with Crippen molar-refractivity contribution in [3.63, 3.8) is 0 Å². The van der Waals surface area contributed by atoms with Gasteiger partial charge >= 0.3 is 0 Å². The van der Waals surface area contributed by atoms with E-state index >= 15 is 0 Å². The lowest BCUT2D eigenvalue weighted by Gasteiger charge is -2.26. The first-order chi connectivity index (χ1) is 15.0. The van der Waals surface area contributed by atoms with E-state index in [1.165, 1.54) is 24.1 Å². The summed E-state index contributed by atoms with van der Waals surface area (Å²) in [5.41, 5.74) is 5.94. The first kappa shape index (κ1) is 21.0. The molecular weight excluding hydrogens is 451 g/mol. The molecule has 2 aliphatic rings. The van der Waals surface area contributed by atoms with E-state index in [9.17, 15) is 4.79 Å². The Kier molecular flexibility index (Phi) is 5.82. The van der Waals surface area contributed by atoms with Crippen molar-refractivity contribution in [1.82, 2.24) is 20.2 Å². The third-order valence-electron chi connectivity index (χ3n) is 5.93. The minimum atomic E-state index is -0.177. The average Bonchev–Trinajstić information content (AvgIpc) is 3.39. The van der Waals surface area contributed by atoms with Crippen molar-refractivity contribution in [3.05, 3.63) is 56.5 Å². The van der Waals surface area contributed by atoms with Gasteiger partial charge in [-0.25, -0.2) is 9.69 Å². The second-order valence-electron chi connectivity index (χ2n) is 8.29. The van der Waals surface area contributed by atoms with E-state index in [1.54, 1.807) is 28.2 Å². The van der Waals surface area contributed by atoms with Crippen molar-refractivity contribution >= 4 is 40.4 Å². The van der Waals surface area contributed by atoms with Crippen LogP contribution in [0.3, 0.4) is 0 Å². The largest absolute Gasteiger partial charge is 0.286 e. The molecular formula is C23H24Cl2N4OS. The summed E-state index contributed by atoms with van der Waals surface area (Å²) in [5.74, 6) is 0.500. The van der Waals surface area contributed by atoms with Crippen LogP contribution in [0.5, 0.6) is 0 Å². The molecule has 31 heavy (non-hydrogen) atoms. The van der Waals surface area contributed by atoms with E-state index in [2.05, 4.69) is 17.6 Å². The lowest BCUT2D eigenvalue weighted by atomic mass is 10.1. The van der Waals surface area contributed by atoms with Gasteiger partial charge in [0.15, 0.2) is 5.69 Å². The summed E-state index contributed by atoms with van der Waals surface area (Å²) in [4.78, 5) is 15.6. The van der Waals surface area contributed by atoms with E-state index in [0.29, 0.717) is 27.3 Å². The highest BCUT2D eigenvalue weighted by atomic mass is 35.5.